The molecule has 0 aliphatic carbocycles. The Balaban J connectivity index is 1.45. The number of carbonyl (C=O) groups excluding carboxylic acids is 1. The SMILES string of the molecule is O=C(c1ccc(-n2ccc(C(F)(F)F)n2)cc1)N1CCC(c2ccccc2)C1. The molecular weight excluding hydrogens is 367 g/mol. The fourth-order valence-corrected chi connectivity index (χ4v) is 3.50. The van der Waals surface area contributed by atoms with Crippen LogP contribution in [0.15, 0.2) is 66.9 Å². The van der Waals surface area contributed by atoms with Gasteiger partial charge in [-0.1, -0.05) is 30.3 Å². The molecule has 4 nitrogen and oxygen atoms in total. The zero-order chi connectivity index (χ0) is 19.7. The van der Waals surface area contributed by atoms with Gasteiger partial charge in [0.15, 0.2) is 5.69 Å². The molecule has 1 aliphatic rings. The Hall–Kier alpha value is -3.09. The molecule has 7 heteroatoms. The third-order valence-corrected chi connectivity index (χ3v) is 5.00. The van der Waals surface area contributed by atoms with E-state index in [1.54, 1.807) is 24.3 Å². The van der Waals surface area contributed by atoms with E-state index in [1.807, 2.05) is 23.1 Å². The van der Waals surface area contributed by atoms with Crippen LogP contribution >= 0.6 is 0 Å². The number of hydrogen-bond donors (Lipinski definition) is 0. The van der Waals surface area contributed by atoms with Crippen LogP contribution in [0.3, 0.4) is 0 Å². The lowest BCUT2D eigenvalue weighted by Gasteiger charge is -2.17. The topological polar surface area (TPSA) is 38.1 Å². The zero-order valence-electron chi connectivity index (χ0n) is 14.9. The van der Waals surface area contributed by atoms with E-state index in [9.17, 15) is 18.0 Å². The van der Waals surface area contributed by atoms with Crippen molar-refractivity contribution in [2.75, 3.05) is 13.1 Å². The van der Waals surface area contributed by atoms with Crippen molar-refractivity contribution in [1.29, 1.82) is 0 Å². The molecule has 0 N–H and O–H groups in total. The van der Waals surface area contributed by atoms with Gasteiger partial charge in [0.2, 0.25) is 0 Å². The first-order valence-corrected chi connectivity index (χ1v) is 8.99. The number of rotatable bonds is 3. The third-order valence-electron chi connectivity index (χ3n) is 5.00. The largest absolute Gasteiger partial charge is 0.435 e. The smallest absolute Gasteiger partial charge is 0.338 e. The third kappa shape index (κ3) is 3.65. The first kappa shape index (κ1) is 18.3. The maximum atomic E-state index is 12.8. The summed E-state index contributed by atoms with van der Waals surface area (Å²) in [6.07, 6.45) is -2.31. The first-order chi connectivity index (χ1) is 13.4. The van der Waals surface area contributed by atoms with Crippen LogP contribution < -0.4 is 0 Å². The van der Waals surface area contributed by atoms with E-state index >= 15 is 0 Å². The highest BCUT2D eigenvalue weighted by molar-refractivity contribution is 5.94. The van der Waals surface area contributed by atoms with Gasteiger partial charge >= 0.3 is 6.18 Å². The maximum absolute atomic E-state index is 12.8. The summed E-state index contributed by atoms with van der Waals surface area (Å²) < 4.78 is 39.2. The Morgan fingerprint density at radius 2 is 1.71 bits per heavy atom. The summed E-state index contributed by atoms with van der Waals surface area (Å²) in [6.45, 7) is 1.35. The van der Waals surface area contributed by atoms with Crippen molar-refractivity contribution >= 4 is 5.91 Å². The van der Waals surface area contributed by atoms with Gasteiger partial charge in [-0.2, -0.15) is 18.3 Å². The van der Waals surface area contributed by atoms with Crippen LogP contribution in [0.25, 0.3) is 5.69 Å². The fourth-order valence-electron chi connectivity index (χ4n) is 3.50. The van der Waals surface area contributed by atoms with E-state index in [-0.39, 0.29) is 5.91 Å². The minimum atomic E-state index is -4.48. The van der Waals surface area contributed by atoms with E-state index in [4.69, 9.17) is 0 Å². The van der Waals surface area contributed by atoms with Gasteiger partial charge in [0.05, 0.1) is 5.69 Å². The molecule has 1 aromatic heterocycles. The Labute approximate surface area is 160 Å². The molecule has 2 aromatic carbocycles. The van der Waals surface area contributed by atoms with Gasteiger partial charge in [-0.15, -0.1) is 0 Å². The number of carbonyl (C=O) groups is 1. The van der Waals surface area contributed by atoms with Crippen molar-refractivity contribution in [3.63, 3.8) is 0 Å². The molecule has 2 heterocycles. The van der Waals surface area contributed by atoms with E-state index in [1.165, 1.54) is 11.8 Å². The van der Waals surface area contributed by atoms with Crippen molar-refractivity contribution in [1.82, 2.24) is 14.7 Å². The summed E-state index contributed by atoms with van der Waals surface area (Å²) in [5, 5.41) is 3.54. The molecule has 1 amide bonds. The fraction of sp³-hybridized carbons (Fsp3) is 0.238. The molecule has 1 fully saturated rings. The first-order valence-electron chi connectivity index (χ1n) is 8.99. The molecule has 0 radical (unpaired) electrons. The predicted molar refractivity (Wildman–Crippen MR) is 98.3 cm³/mol. The minimum absolute atomic E-state index is 0.0681. The number of alkyl halides is 3. The van der Waals surface area contributed by atoms with Crippen LogP contribution in [0.5, 0.6) is 0 Å². The Morgan fingerprint density at radius 1 is 1.00 bits per heavy atom. The number of hydrogen-bond acceptors (Lipinski definition) is 2. The molecule has 28 heavy (non-hydrogen) atoms. The molecule has 1 aliphatic heterocycles. The van der Waals surface area contributed by atoms with Crippen molar-refractivity contribution in [3.05, 3.63) is 83.7 Å². The highest BCUT2D eigenvalue weighted by Crippen LogP contribution is 2.29. The molecule has 1 atom stereocenters. The van der Waals surface area contributed by atoms with Crippen LogP contribution in [0, 0.1) is 0 Å². The van der Waals surface area contributed by atoms with Crippen LogP contribution in [0.4, 0.5) is 13.2 Å². The second kappa shape index (κ2) is 7.14. The maximum Gasteiger partial charge on any atom is 0.435 e. The minimum Gasteiger partial charge on any atom is -0.338 e. The second-order valence-electron chi connectivity index (χ2n) is 6.84. The van der Waals surface area contributed by atoms with E-state index in [0.717, 1.165) is 17.2 Å². The lowest BCUT2D eigenvalue weighted by atomic mass is 9.99. The van der Waals surface area contributed by atoms with Crippen LogP contribution in [-0.4, -0.2) is 33.7 Å². The number of aromatic nitrogens is 2. The number of likely N-dealkylation sites (tertiary alicyclic amines) is 1. The van der Waals surface area contributed by atoms with Crippen molar-refractivity contribution < 1.29 is 18.0 Å². The molecule has 4 rings (SSSR count). The second-order valence-corrected chi connectivity index (χ2v) is 6.84. The lowest BCUT2D eigenvalue weighted by molar-refractivity contribution is -0.141. The molecule has 144 valence electrons. The Bertz CT molecular complexity index is 965. The van der Waals surface area contributed by atoms with Crippen molar-refractivity contribution in [3.8, 4) is 5.69 Å². The van der Waals surface area contributed by atoms with Gasteiger partial charge in [-0.05, 0) is 42.3 Å². The number of halogens is 3. The monoisotopic (exact) mass is 385 g/mol. The summed E-state index contributed by atoms with van der Waals surface area (Å²) in [5.74, 6) is 0.260. The van der Waals surface area contributed by atoms with Crippen molar-refractivity contribution in [2.24, 2.45) is 0 Å². The van der Waals surface area contributed by atoms with Crippen LogP contribution in [0.1, 0.15) is 34.0 Å². The predicted octanol–water partition coefficient (Wildman–Crippen LogP) is 4.52. The average molecular weight is 385 g/mol. The molecular formula is C21H18F3N3O. The van der Waals surface area contributed by atoms with Gasteiger partial charge in [0.25, 0.3) is 5.91 Å². The van der Waals surface area contributed by atoms with E-state index in [0.29, 0.717) is 30.3 Å². The highest BCUT2D eigenvalue weighted by atomic mass is 19.4. The van der Waals surface area contributed by atoms with Gasteiger partial charge in [0, 0.05) is 30.8 Å². The molecule has 0 saturated carbocycles. The van der Waals surface area contributed by atoms with Crippen molar-refractivity contribution in [2.45, 2.75) is 18.5 Å². The molecule has 1 saturated heterocycles. The lowest BCUT2D eigenvalue weighted by Crippen LogP contribution is -2.28. The van der Waals surface area contributed by atoms with Gasteiger partial charge in [0.1, 0.15) is 0 Å². The summed E-state index contributed by atoms with van der Waals surface area (Å²) >= 11 is 0. The molecule has 1 unspecified atom stereocenters. The average Bonchev–Trinajstić information content (AvgIpc) is 3.38. The van der Waals surface area contributed by atoms with E-state index in [2.05, 4.69) is 17.2 Å². The van der Waals surface area contributed by atoms with Gasteiger partial charge < -0.3 is 4.90 Å². The molecule has 3 aromatic rings. The zero-order valence-corrected chi connectivity index (χ0v) is 14.9. The Morgan fingerprint density at radius 3 is 2.36 bits per heavy atom. The van der Waals surface area contributed by atoms with Crippen LogP contribution in [0.2, 0.25) is 0 Å². The standard InChI is InChI=1S/C21H18F3N3O/c22-21(23,24)19-11-13-27(25-19)18-8-6-16(7-9-18)20(28)26-12-10-17(14-26)15-4-2-1-3-5-15/h1-9,11,13,17H,10,12,14H2. The van der Waals surface area contributed by atoms with Gasteiger partial charge in [-0.25, -0.2) is 4.68 Å². The quantitative estimate of drug-likeness (QED) is 0.665. The van der Waals surface area contributed by atoms with E-state index < -0.39 is 11.9 Å². The number of nitrogens with zero attached hydrogens (tertiary/aromatic N) is 3. The van der Waals surface area contributed by atoms with Crippen LogP contribution in [-0.2, 0) is 6.18 Å². The molecule has 0 spiro atoms. The summed E-state index contributed by atoms with van der Waals surface area (Å²) in [5.41, 5.74) is 1.26. The normalized spacial score (nSPS) is 17.1. The summed E-state index contributed by atoms with van der Waals surface area (Å²) in [6, 6.07) is 17.5. The summed E-state index contributed by atoms with van der Waals surface area (Å²) in [7, 11) is 0. The van der Waals surface area contributed by atoms with Gasteiger partial charge in [-0.3, -0.25) is 4.79 Å². The number of amides is 1. The number of benzene rings is 2. The Kier molecular flexibility index (Phi) is 4.66. The highest BCUT2D eigenvalue weighted by Gasteiger charge is 2.33. The molecule has 0 bridgehead atoms. The summed E-state index contributed by atoms with van der Waals surface area (Å²) in [4.78, 5) is 14.6.